The van der Waals surface area contributed by atoms with Crippen molar-refractivity contribution in [2.24, 2.45) is 0 Å². The van der Waals surface area contributed by atoms with Gasteiger partial charge in [0.05, 0.1) is 17.3 Å². The molecule has 0 radical (unpaired) electrons. The minimum absolute atomic E-state index is 0.167. The molecule has 0 aliphatic rings. The summed E-state index contributed by atoms with van der Waals surface area (Å²) in [5.74, 6) is 0.0985. The van der Waals surface area contributed by atoms with Gasteiger partial charge in [-0.2, -0.15) is 4.68 Å². The molecule has 0 unspecified atom stereocenters. The van der Waals surface area contributed by atoms with Gasteiger partial charge < -0.3 is 0 Å². The van der Waals surface area contributed by atoms with Gasteiger partial charge in [0.1, 0.15) is 0 Å². The van der Waals surface area contributed by atoms with E-state index in [1.54, 1.807) is 18.2 Å². The third-order valence-corrected chi connectivity index (χ3v) is 4.85. The Kier molecular flexibility index (Phi) is 5.04. The first-order chi connectivity index (χ1) is 13.6. The van der Waals surface area contributed by atoms with E-state index >= 15 is 0 Å². The summed E-state index contributed by atoms with van der Waals surface area (Å²) >= 11 is 3.41. The smallest absolute Gasteiger partial charge is 0.273 e. The molecule has 6 heteroatoms. The Balaban J connectivity index is 1.80. The van der Waals surface area contributed by atoms with E-state index < -0.39 is 0 Å². The topological polar surface area (TPSA) is 64.0 Å². The van der Waals surface area contributed by atoms with Crippen molar-refractivity contribution >= 4 is 32.7 Å². The number of hydrogen-bond donors (Lipinski definition) is 1. The van der Waals surface area contributed by atoms with Crippen LogP contribution in [0.3, 0.4) is 0 Å². The number of hydrogen-bond acceptors (Lipinski definition) is 3. The van der Waals surface area contributed by atoms with Crippen molar-refractivity contribution in [1.82, 2.24) is 9.66 Å². The minimum Gasteiger partial charge on any atom is -0.273 e. The highest BCUT2D eigenvalue weighted by Gasteiger charge is 2.15. The summed E-state index contributed by atoms with van der Waals surface area (Å²) in [4.78, 5) is 30.3. The summed E-state index contributed by atoms with van der Waals surface area (Å²) in [5, 5.41) is 0.448. The van der Waals surface area contributed by atoms with E-state index in [1.165, 1.54) is 4.68 Å². The monoisotopic (exact) mass is 433 g/mol. The Hall–Kier alpha value is -3.25. The first-order valence-electron chi connectivity index (χ1n) is 8.73. The number of carbonyl (C=O) groups excluding carboxylic acids is 1. The van der Waals surface area contributed by atoms with Gasteiger partial charge in [-0.3, -0.25) is 15.0 Å². The lowest BCUT2D eigenvalue weighted by molar-refractivity contribution is -0.116. The number of para-hydroxylation sites is 1. The number of fused-ring (bicyclic) bond motifs is 1. The zero-order valence-electron chi connectivity index (χ0n) is 14.8. The SMILES string of the molecule is O=C(Cc1ccccc1)Nn1c(-c2ccc(Br)cc2)nc2ccccc2c1=O. The zero-order chi connectivity index (χ0) is 19.5. The summed E-state index contributed by atoms with van der Waals surface area (Å²) in [6.07, 6.45) is 0.167. The van der Waals surface area contributed by atoms with Gasteiger partial charge in [-0.15, -0.1) is 0 Å². The van der Waals surface area contributed by atoms with Gasteiger partial charge in [-0.1, -0.05) is 70.5 Å². The normalized spacial score (nSPS) is 10.8. The van der Waals surface area contributed by atoms with Gasteiger partial charge in [-0.25, -0.2) is 4.98 Å². The van der Waals surface area contributed by atoms with E-state index in [0.717, 1.165) is 15.6 Å². The maximum Gasteiger partial charge on any atom is 0.280 e. The molecule has 1 heterocycles. The van der Waals surface area contributed by atoms with Crippen LogP contribution in [0.2, 0.25) is 0 Å². The summed E-state index contributed by atoms with van der Waals surface area (Å²) in [7, 11) is 0. The lowest BCUT2D eigenvalue weighted by atomic mass is 10.1. The minimum atomic E-state index is -0.315. The van der Waals surface area contributed by atoms with Crippen molar-refractivity contribution in [2.75, 3.05) is 5.43 Å². The molecule has 0 spiro atoms. The molecule has 4 rings (SSSR count). The number of rotatable bonds is 4. The molecule has 1 N–H and O–H groups in total. The molecule has 0 atom stereocenters. The van der Waals surface area contributed by atoms with Crippen LogP contribution in [-0.4, -0.2) is 15.6 Å². The summed E-state index contributed by atoms with van der Waals surface area (Å²) in [6, 6.07) is 23.9. The van der Waals surface area contributed by atoms with Crippen LogP contribution < -0.4 is 11.0 Å². The largest absolute Gasteiger partial charge is 0.280 e. The molecule has 0 aliphatic heterocycles. The summed E-state index contributed by atoms with van der Waals surface area (Å²) in [6.45, 7) is 0. The van der Waals surface area contributed by atoms with Crippen LogP contribution in [0.4, 0.5) is 0 Å². The average molecular weight is 434 g/mol. The van der Waals surface area contributed by atoms with Crippen molar-refractivity contribution in [3.8, 4) is 11.4 Å². The maximum atomic E-state index is 13.1. The molecular formula is C22H16BrN3O2. The number of aromatic nitrogens is 2. The van der Waals surface area contributed by atoms with Crippen LogP contribution in [0.5, 0.6) is 0 Å². The fourth-order valence-corrected chi connectivity index (χ4v) is 3.24. The number of carbonyl (C=O) groups is 1. The molecule has 0 saturated heterocycles. The first-order valence-corrected chi connectivity index (χ1v) is 9.52. The summed E-state index contributed by atoms with van der Waals surface area (Å²) < 4.78 is 2.15. The van der Waals surface area contributed by atoms with Crippen molar-refractivity contribution in [1.29, 1.82) is 0 Å². The second-order valence-electron chi connectivity index (χ2n) is 6.30. The van der Waals surface area contributed by atoms with Crippen LogP contribution in [0.25, 0.3) is 22.3 Å². The molecule has 1 amide bonds. The molecule has 28 heavy (non-hydrogen) atoms. The Labute approximate surface area is 169 Å². The molecule has 4 aromatic rings. The Morgan fingerprint density at radius 1 is 0.929 bits per heavy atom. The number of benzene rings is 3. The van der Waals surface area contributed by atoms with Crippen LogP contribution >= 0.6 is 15.9 Å². The standard InChI is InChI=1S/C22H16BrN3O2/c23-17-12-10-16(11-13-17)21-24-19-9-5-4-8-18(19)22(28)26(21)25-20(27)14-15-6-2-1-3-7-15/h1-13H,14H2,(H,25,27). The van der Waals surface area contributed by atoms with E-state index in [9.17, 15) is 9.59 Å². The Morgan fingerprint density at radius 2 is 1.61 bits per heavy atom. The lowest BCUT2D eigenvalue weighted by Gasteiger charge is -2.15. The van der Waals surface area contributed by atoms with E-state index in [0.29, 0.717) is 16.7 Å². The predicted molar refractivity (Wildman–Crippen MR) is 114 cm³/mol. The van der Waals surface area contributed by atoms with E-state index in [2.05, 4.69) is 26.3 Å². The average Bonchev–Trinajstić information content (AvgIpc) is 2.71. The van der Waals surface area contributed by atoms with Gasteiger partial charge in [-0.05, 0) is 29.8 Å². The van der Waals surface area contributed by atoms with Crippen molar-refractivity contribution in [3.63, 3.8) is 0 Å². The highest BCUT2D eigenvalue weighted by atomic mass is 79.9. The molecule has 0 fully saturated rings. The molecule has 138 valence electrons. The van der Waals surface area contributed by atoms with Gasteiger partial charge in [0.15, 0.2) is 5.82 Å². The fraction of sp³-hybridized carbons (Fsp3) is 0.0455. The molecular weight excluding hydrogens is 418 g/mol. The second-order valence-corrected chi connectivity index (χ2v) is 7.21. The maximum absolute atomic E-state index is 13.1. The second kappa shape index (κ2) is 7.78. The van der Waals surface area contributed by atoms with E-state index in [4.69, 9.17) is 0 Å². The number of halogens is 1. The molecule has 0 bridgehead atoms. The Bertz CT molecular complexity index is 1200. The van der Waals surface area contributed by atoms with Gasteiger partial charge >= 0.3 is 0 Å². The van der Waals surface area contributed by atoms with Crippen molar-refractivity contribution in [3.05, 3.63) is 99.3 Å². The molecule has 0 saturated carbocycles. The van der Waals surface area contributed by atoms with E-state index in [1.807, 2.05) is 60.7 Å². The first kappa shape index (κ1) is 18.1. The third kappa shape index (κ3) is 3.73. The fourth-order valence-electron chi connectivity index (χ4n) is 2.97. The number of nitrogens with one attached hydrogen (secondary N) is 1. The number of amides is 1. The quantitative estimate of drug-likeness (QED) is 0.525. The zero-order valence-corrected chi connectivity index (χ0v) is 16.4. The highest BCUT2D eigenvalue weighted by molar-refractivity contribution is 9.10. The van der Waals surface area contributed by atoms with E-state index in [-0.39, 0.29) is 17.9 Å². The number of nitrogens with zero attached hydrogens (tertiary/aromatic N) is 2. The van der Waals surface area contributed by atoms with Gasteiger partial charge in [0.25, 0.3) is 5.56 Å². The van der Waals surface area contributed by atoms with Crippen LogP contribution in [-0.2, 0) is 11.2 Å². The third-order valence-electron chi connectivity index (χ3n) is 4.32. The van der Waals surface area contributed by atoms with Gasteiger partial charge in [0, 0.05) is 10.0 Å². The molecule has 0 aliphatic carbocycles. The highest BCUT2D eigenvalue weighted by Crippen LogP contribution is 2.20. The van der Waals surface area contributed by atoms with Crippen LogP contribution in [0.1, 0.15) is 5.56 Å². The molecule has 3 aromatic carbocycles. The predicted octanol–water partition coefficient (Wildman–Crippen LogP) is 4.14. The lowest BCUT2D eigenvalue weighted by Crippen LogP contribution is -2.35. The van der Waals surface area contributed by atoms with Crippen molar-refractivity contribution in [2.45, 2.75) is 6.42 Å². The van der Waals surface area contributed by atoms with Crippen molar-refractivity contribution < 1.29 is 4.79 Å². The van der Waals surface area contributed by atoms with Crippen LogP contribution in [0, 0.1) is 0 Å². The molecule has 1 aromatic heterocycles. The van der Waals surface area contributed by atoms with Gasteiger partial charge in [0.2, 0.25) is 5.91 Å². The summed E-state index contributed by atoms with van der Waals surface area (Å²) in [5.41, 5.74) is 4.59. The Morgan fingerprint density at radius 3 is 2.36 bits per heavy atom. The molecule has 5 nitrogen and oxygen atoms in total. The van der Waals surface area contributed by atoms with Crippen LogP contribution in [0.15, 0.2) is 88.1 Å².